The van der Waals surface area contributed by atoms with Gasteiger partial charge in [-0.05, 0) is 63.8 Å². The molecule has 102 valence electrons. The predicted molar refractivity (Wildman–Crippen MR) is 76.4 cm³/mol. The predicted octanol–water partition coefficient (Wildman–Crippen LogP) is 2.93. The Balaban J connectivity index is 2.92. The van der Waals surface area contributed by atoms with Crippen LogP contribution in [0.25, 0.3) is 0 Å². The second-order valence-electron chi connectivity index (χ2n) is 5.94. The highest BCUT2D eigenvalue weighted by molar-refractivity contribution is 5.38. The fourth-order valence-electron chi connectivity index (χ4n) is 1.92. The number of benzene rings is 1. The first-order valence-electron chi connectivity index (χ1n) is 6.42. The lowest BCUT2D eigenvalue weighted by molar-refractivity contribution is -0.0148. The highest BCUT2D eigenvalue weighted by Crippen LogP contribution is 2.23. The van der Waals surface area contributed by atoms with Gasteiger partial charge in [-0.15, -0.1) is 0 Å². The average Bonchev–Trinajstić information content (AvgIpc) is 2.24. The van der Waals surface area contributed by atoms with Gasteiger partial charge in [0, 0.05) is 0 Å². The van der Waals surface area contributed by atoms with Gasteiger partial charge < -0.3 is 4.74 Å². The number of hydrogen-bond donors (Lipinski definition) is 2. The summed E-state index contributed by atoms with van der Waals surface area (Å²) in [5.74, 6) is 5.66. The van der Waals surface area contributed by atoms with Crippen molar-refractivity contribution in [1.82, 2.24) is 5.43 Å². The second-order valence-corrected chi connectivity index (χ2v) is 5.94. The van der Waals surface area contributed by atoms with Gasteiger partial charge >= 0.3 is 0 Å². The summed E-state index contributed by atoms with van der Waals surface area (Å²) in [6.07, 6.45) is 0. The minimum Gasteiger partial charge on any atom is -0.374 e. The normalized spacial score (nSPS) is 13.7. The van der Waals surface area contributed by atoms with Crippen LogP contribution in [-0.4, -0.2) is 12.2 Å². The number of hydrazine groups is 1. The van der Waals surface area contributed by atoms with E-state index in [1.807, 2.05) is 20.8 Å². The van der Waals surface area contributed by atoms with Crippen LogP contribution in [-0.2, 0) is 4.74 Å². The molecule has 3 N–H and O–H groups in total. The molecule has 0 bridgehead atoms. The third-order valence-electron chi connectivity index (χ3n) is 3.14. The van der Waals surface area contributed by atoms with E-state index in [4.69, 9.17) is 10.6 Å². The summed E-state index contributed by atoms with van der Waals surface area (Å²) >= 11 is 0. The lowest BCUT2D eigenvalue weighted by atomic mass is 9.96. The minimum absolute atomic E-state index is 0.0310. The Morgan fingerprint density at radius 3 is 2.17 bits per heavy atom. The number of nitrogens with one attached hydrogen (secondary N) is 1. The zero-order valence-electron chi connectivity index (χ0n) is 12.4. The molecule has 1 aromatic carbocycles. The molecule has 1 aromatic rings. The Bertz CT molecular complexity index is 408. The van der Waals surface area contributed by atoms with Crippen molar-refractivity contribution in [1.29, 1.82) is 0 Å². The second kappa shape index (κ2) is 5.83. The smallest absolute Gasteiger partial charge is 0.0696 e. The van der Waals surface area contributed by atoms with E-state index >= 15 is 0 Å². The van der Waals surface area contributed by atoms with Crippen molar-refractivity contribution in [2.45, 2.75) is 53.2 Å². The molecule has 1 rings (SSSR count). The summed E-state index contributed by atoms with van der Waals surface area (Å²) in [4.78, 5) is 0. The molecule has 0 spiro atoms. The summed E-state index contributed by atoms with van der Waals surface area (Å²) < 4.78 is 5.82. The van der Waals surface area contributed by atoms with Gasteiger partial charge in [0.2, 0.25) is 0 Å². The average molecular weight is 250 g/mol. The summed E-state index contributed by atoms with van der Waals surface area (Å²) in [7, 11) is 0. The third-order valence-corrected chi connectivity index (χ3v) is 3.14. The molecular weight excluding hydrogens is 224 g/mol. The van der Waals surface area contributed by atoms with Crippen LogP contribution >= 0.6 is 0 Å². The van der Waals surface area contributed by atoms with Crippen LogP contribution in [0, 0.1) is 20.8 Å². The van der Waals surface area contributed by atoms with E-state index in [1.165, 1.54) is 22.3 Å². The molecule has 0 heterocycles. The third kappa shape index (κ3) is 4.09. The first kappa shape index (κ1) is 15.2. The standard InChI is InChI=1S/C15H26N2O/c1-10-7-12(3)13(8-11(10)2)14(17-16)9-18-15(4,5)6/h7-8,14,17H,9,16H2,1-6H3. The van der Waals surface area contributed by atoms with E-state index < -0.39 is 0 Å². The van der Waals surface area contributed by atoms with Crippen LogP contribution in [0.2, 0.25) is 0 Å². The summed E-state index contributed by atoms with van der Waals surface area (Å²) in [6.45, 7) is 13.1. The quantitative estimate of drug-likeness (QED) is 0.638. The summed E-state index contributed by atoms with van der Waals surface area (Å²) in [5.41, 5.74) is 7.76. The van der Waals surface area contributed by atoms with Crippen LogP contribution in [0.15, 0.2) is 12.1 Å². The zero-order chi connectivity index (χ0) is 13.9. The van der Waals surface area contributed by atoms with E-state index in [0.29, 0.717) is 6.61 Å². The maximum absolute atomic E-state index is 5.82. The van der Waals surface area contributed by atoms with E-state index in [2.05, 4.69) is 38.3 Å². The van der Waals surface area contributed by atoms with E-state index in [-0.39, 0.29) is 11.6 Å². The van der Waals surface area contributed by atoms with Gasteiger partial charge in [-0.2, -0.15) is 0 Å². The molecule has 0 aliphatic carbocycles. The molecule has 0 saturated carbocycles. The Kier molecular flexibility index (Phi) is 4.91. The number of hydrogen-bond acceptors (Lipinski definition) is 3. The summed E-state index contributed by atoms with van der Waals surface area (Å²) in [6, 6.07) is 4.43. The van der Waals surface area contributed by atoms with Crippen LogP contribution in [0.3, 0.4) is 0 Å². The van der Waals surface area contributed by atoms with Gasteiger partial charge in [0.15, 0.2) is 0 Å². The monoisotopic (exact) mass is 250 g/mol. The molecule has 0 radical (unpaired) electrons. The van der Waals surface area contributed by atoms with Crippen LogP contribution in [0.4, 0.5) is 0 Å². The topological polar surface area (TPSA) is 47.3 Å². The lowest BCUT2D eigenvalue weighted by Crippen LogP contribution is -2.34. The van der Waals surface area contributed by atoms with Crippen molar-refractivity contribution >= 4 is 0 Å². The molecule has 1 unspecified atom stereocenters. The molecule has 3 nitrogen and oxygen atoms in total. The molecular formula is C15H26N2O. The largest absolute Gasteiger partial charge is 0.374 e. The Hall–Kier alpha value is -0.900. The van der Waals surface area contributed by atoms with Gasteiger partial charge in [-0.3, -0.25) is 11.3 Å². The zero-order valence-corrected chi connectivity index (χ0v) is 12.4. The molecule has 0 fully saturated rings. The molecule has 0 aliphatic rings. The first-order valence-corrected chi connectivity index (χ1v) is 6.42. The van der Waals surface area contributed by atoms with Gasteiger partial charge in [-0.1, -0.05) is 12.1 Å². The SMILES string of the molecule is Cc1cc(C)c(C(COC(C)(C)C)NN)cc1C. The van der Waals surface area contributed by atoms with Crippen molar-refractivity contribution < 1.29 is 4.74 Å². The van der Waals surface area contributed by atoms with Crippen molar-refractivity contribution in [3.63, 3.8) is 0 Å². The highest BCUT2D eigenvalue weighted by Gasteiger charge is 2.18. The van der Waals surface area contributed by atoms with Crippen molar-refractivity contribution in [2.24, 2.45) is 5.84 Å². The number of aryl methyl sites for hydroxylation is 3. The molecule has 1 atom stereocenters. The van der Waals surface area contributed by atoms with Crippen molar-refractivity contribution in [3.8, 4) is 0 Å². The maximum Gasteiger partial charge on any atom is 0.0696 e. The number of nitrogens with two attached hydrogens (primary N) is 1. The number of ether oxygens (including phenoxy) is 1. The van der Waals surface area contributed by atoms with Crippen molar-refractivity contribution in [2.75, 3.05) is 6.61 Å². The molecule has 0 saturated heterocycles. The van der Waals surface area contributed by atoms with Crippen molar-refractivity contribution in [3.05, 3.63) is 34.4 Å². The van der Waals surface area contributed by atoms with Gasteiger partial charge in [0.1, 0.15) is 0 Å². The molecule has 0 aromatic heterocycles. The van der Waals surface area contributed by atoms with Crippen LogP contribution in [0.5, 0.6) is 0 Å². The fourth-order valence-corrected chi connectivity index (χ4v) is 1.92. The molecule has 0 aliphatic heterocycles. The number of rotatable bonds is 4. The molecule has 18 heavy (non-hydrogen) atoms. The maximum atomic E-state index is 5.82. The molecule has 0 amide bonds. The van der Waals surface area contributed by atoms with E-state index in [0.717, 1.165) is 0 Å². The van der Waals surface area contributed by atoms with Crippen LogP contribution in [0.1, 0.15) is 49.1 Å². The van der Waals surface area contributed by atoms with Gasteiger partial charge in [0.25, 0.3) is 0 Å². The van der Waals surface area contributed by atoms with Gasteiger partial charge in [-0.25, -0.2) is 0 Å². The van der Waals surface area contributed by atoms with E-state index in [1.54, 1.807) is 0 Å². The fraction of sp³-hybridized carbons (Fsp3) is 0.600. The minimum atomic E-state index is -0.150. The van der Waals surface area contributed by atoms with Gasteiger partial charge in [0.05, 0.1) is 18.2 Å². The lowest BCUT2D eigenvalue weighted by Gasteiger charge is -2.25. The Labute approximate surface area is 111 Å². The first-order chi connectivity index (χ1) is 8.24. The van der Waals surface area contributed by atoms with Crippen LogP contribution < -0.4 is 11.3 Å². The molecule has 3 heteroatoms. The Morgan fingerprint density at radius 1 is 1.11 bits per heavy atom. The van der Waals surface area contributed by atoms with E-state index in [9.17, 15) is 0 Å². The highest BCUT2D eigenvalue weighted by atomic mass is 16.5. The summed E-state index contributed by atoms with van der Waals surface area (Å²) in [5, 5.41) is 0. The Morgan fingerprint density at radius 2 is 1.67 bits per heavy atom.